The number of nitrogens with one attached hydrogen (secondary N) is 1. The largest absolute Gasteiger partial charge is 0.325 e. The van der Waals surface area contributed by atoms with Crippen molar-refractivity contribution >= 4 is 11.6 Å². The number of carbonyl (C=O) groups excluding carboxylic acids is 1. The summed E-state index contributed by atoms with van der Waals surface area (Å²) in [6.45, 7) is 3.67. The van der Waals surface area contributed by atoms with Crippen molar-refractivity contribution in [1.29, 1.82) is 10.5 Å². The lowest BCUT2D eigenvalue weighted by Crippen LogP contribution is -2.33. The van der Waals surface area contributed by atoms with Gasteiger partial charge in [-0.3, -0.25) is 4.79 Å². The Labute approximate surface area is 113 Å². The summed E-state index contributed by atoms with van der Waals surface area (Å²) in [6, 6.07) is 11.3. The Kier molecular flexibility index (Phi) is 5.09. The summed E-state index contributed by atoms with van der Waals surface area (Å²) in [5.74, 6) is -0.270. The molecule has 1 aromatic carbocycles. The minimum Gasteiger partial charge on any atom is -0.325 e. The van der Waals surface area contributed by atoms with Crippen LogP contribution in [0.1, 0.15) is 32.3 Å². The van der Waals surface area contributed by atoms with E-state index in [4.69, 9.17) is 5.26 Å². The van der Waals surface area contributed by atoms with Crippen LogP contribution < -0.4 is 5.32 Å². The van der Waals surface area contributed by atoms with Crippen LogP contribution in [0.2, 0.25) is 0 Å². The lowest BCUT2D eigenvalue weighted by Gasteiger charge is -2.22. The van der Waals surface area contributed by atoms with E-state index in [-0.39, 0.29) is 5.91 Å². The quantitative estimate of drug-likeness (QED) is 0.878. The number of hydrogen-bond acceptors (Lipinski definition) is 3. The molecule has 4 nitrogen and oxygen atoms in total. The molecule has 0 saturated heterocycles. The lowest BCUT2D eigenvalue weighted by molar-refractivity contribution is -0.123. The van der Waals surface area contributed by atoms with Gasteiger partial charge in [-0.25, -0.2) is 0 Å². The van der Waals surface area contributed by atoms with Crippen molar-refractivity contribution in [2.75, 3.05) is 5.32 Å². The SMILES string of the molecule is CCC(C#N)(CC)C(=O)Nc1ccc(CC#N)cc1. The number of hydrogen-bond donors (Lipinski definition) is 1. The molecule has 0 aliphatic rings. The number of nitriles is 2. The van der Waals surface area contributed by atoms with Crippen LogP contribution in [-0.2, 0) is 11.2 Å². The molecule has 0 bridgehead atoms. The maximum Gasteiger partial charge on any atom is 0.244 e. The number of amides is 1. The number of rotatable bonds is 5. The molecule has 4 heteroatoms. The van der Waals surface area contributed by atoms with Crippen molar-refractivity contribution in [3.8, 4) is 12.1 Å². The van der Waals surface area contributed by atoms with Crippen molar-refractivity contribution in [2.45, 2.75) is 33.1 Å². The average molecular weight is 255 g/mol. The molecular weight excluding hydrogens is 238 g/mol. The molecule has 0 aliphatic heterocycles. The van der Waals surface area contributed by atoms with Crippen LogP contribution in [0.25, 0.3) is 0 Å². The summed E-state index contributed by atoms with van der Waals surface area (Å²) < 4.78 is 0. The predicted molar refractivity (Wildman–Crippen MR) is 73.0 cm³/mol. The fourth-order valence-electron chi connectivity index (χ4n) is 1.83. The Morgan fingerprint density at radius 2 is 1.79 bits per heavy atom. The number of benzene rings is 1. The van der Waals surface area contributed by atoms with E-state index >= 15 is 0 Å². The number of anilines is 1. The van der Waals surface area contributed by atoms with Crippen molar-refractivity contribution in [3.05, 3.63) is 29.8 Å². The standard InChI is InChI=1S/C15H17N3O/c1-3-15(4-2,11-17)14(19)18-13-7-5-12(6-8-13)9-10-16/h5-8H,3-4,9H2,1-2H3,(H,18,19). The highest BCUT2D eigenvalue weighted by molar-refractivity contribution is 5.97. The molecule has 1 aromatic rings. The molecule has 0 fully saturated rings. The fraction of sp³-hybridized carbons (Fsp3) is 0.400. The average Bonchev–Trinajstić information content (AvgIpc) is 2.44. The molecule has 0 spiro atoms. The molecule has 0 aliphatic carbocycles. The molecule has 1 N–H and O–H groups in total. The Bertz CT molecular complexity index is 516. The first-order valence-electron chi connectivity index (χ1n) is 6.30. The van der Waals surface area contributed by atoms with Crippen molar-refractivity contribution in [2.24, 2.45) is 5.41 Å². The minimum atomic E-state index is -0.967. The van der Waals surface area contributed by atoms with E-state index in [0.717, 1.165) is 5.56 Å². The van der Waals surface area contributed by atoms with E-state index in [1.54, 1.807) is 24.3 Å². The smallest absolute Gasteiger partial charge is 0.244 e. The van der Waals surface area contributed by atoms with E-state index < -0.39 is 5.41 Å². The monoisotopic (exact) mass is 255 g/mol. The summed E-state index contributed by atoms with van der Waals surface area (Å²) in [5.41, 5.74) is 0.581. The van der Waals surface area contributed by atoms with Gasteiger partial charge < -0.3 is 5.32 Å². The molecule has 1 rings (SSSR count). The topological polar surface area (TPSA) is 76.7 Å². The number of carbonyl (C=O) groups is 1. The summed E-state index contributed by atoms with van der Waals surface area (Å²) in [4.78, 5) is 12.2. The van der Waals surface area contributed by atoms with Gasteiger partial charge in [-0.2, -0.15) is 10.5 Å². The highest BCUT2D eigenvalue weighted by atomic mass is 16.2. The third-order valence-electron chi connectivity index (χ3n) is 3.35. The van der Waals surface area contributed by atoms with Crippen LogP contribution >= 0.6 is 0 Å². The summed E-state index contributed by atoms with van der Waals surface area (Å²) in [7, 11) is 0. The van der Waals surface area contributed by atoms with Gasteiger partial charge in [0.1, 0.15) is 5.41 Å². The van der Waals surface area contributed by atoms with Crippen LogP contribution in [0.3, 0.4) is 0 Å². The Hall–Kier alpha value is -2.33. The van der Waals surface area contributed by atoms with Gasteiger partial charge in [0.05, 0.1) is 18.6 Å². The first-order chi connectivity index (χ1) is 9.11. The van der Waals surface area contributed by atoms with Gasteiger partial charge in [0.15, 0.2) is 0 Å². The first kappa shape index (κ1) is 14.7. The van der Waals surface area contributed by atoms with Crippen LogP contribution in [0, 0.1) is 28.1 Å². The van der Waals surface area contributed by atoms with E-state index in [9.17, 15) is 10.1 Å². The highest BCUT2D eigenvalue weighted by Gasteiger charge is 2.34. The van der Waals surface area contributed by atoms with Crippen molar-refractivity contribution in [3.63, 3.8) is 0 Å². The molecule has 98 valence electrons. The summed E-state index contributed by atoms with van der Waals surface area (Å²) >= 11 is 0. The van der Waals surface area contributed by atoms with Crippen LogP contribution in [0.5, 0.6) is 0 Å². The molecule has 1 amide bonds. The molecule has 0 atom stereocenters. The van der Waals surface area contributed by atoms with E-state index in [1.165, 1.54) is 0 Å². The van der Waals surface area contributed by atoms with Crippen molar-refractivity contribution in [1.82, 2.24) is 0 Å². The van der Waals surface area contributed by atoms with Gasteiger partial charge in [-0.15, -0.1) is 0 Å². The zero-order valence-electron chi connectivity index (χ0n) is 11.2. The third-order valence-corrected chi connectivity index (χ3v) is 3.35. The van der Waals surface area contributed by atoms with E-state index in [1.807, 2.05) is 13.8 Å². The zero-order chi connectivity index (χ0) is 14.3. The Morgan fingerprint density at radius 3 is 2.21 bits per heavy atom. The molecule has 0 aromatic heterocycles. The van der Waals surface area contributed by atoms with Crippen LogP contribution in [0.15, 0.2) is 24.3 Å². The van der Waals surface area contributed by atoms with Crippen LogP contribution in [0.4, 0.5) is 5.69 Å². The predicted octanol–water partition coefficient (Wildman–Crippen LogP) is 3.02. The lowest BCUT2D eigenvalue weighted by atomic mass is 9.83. The zero-order valence-corrected chi connectivity index (χ0v) is 11.2. The first-order valence-corrected chi connectivity index (χ1v) is 6.30. The van der Waals surface area contributed by atoms with Gasteiger partial charge in [0, 0.05) is 5.69 Å². The molecule has 0 unspecified atom stereocenters. The van der Waals surface area contributed by atoms with Gasteiger partial charge in [-0.1, -0.05) is 26.0 Å². The van der Waals surface area contributed by atoms with Gasteiger partial charge in [0.2, 0.25) is 5.91 Å². The third kappa shape index (κ3) is 3.33. The normalized spacial score (nSPS) is 10.3. The minimum absolute atomic E-state index is 0.270. The molecule has 0 radical (unpaired) electrons. The second-order valence-corrected chi connectivity index (χ2v) is 4.39. The molecule has 19 heavy (non-hydrogen) atoms. The molecule has 0 saturated carbocycles. The maximum absolute atomic E-state index is 12.2. The van der Waals surface area contributed by atoms with E-state index in [2.05, 4.69) is 17.5 Å². The molecular formula is C15H17N3O. The second kappa shape index (κ2) is 6.56. The summed E-state index contributed by atoms with van der Waals surface area (Å²) in [5, 5.41) is 20.5. The summed E-state index contributed by atoms with van der Waals surface area (Å²) in [6.07, 6.45) is 1.32. The van der Waals surface area contributed by atoms with Crippen LogP contribution in [-0.4, -0.2) is 5.91 Å². The van der Waals surface area contributed by atoms with Crippen molar-refractivity contribution < 1.29 is 4.79 Å². The Morgan fingerprint density at radius 1 is 1.21 bits per heavy atom. The van der Waals surface area contributed by atoms with Gasteiger partial charge >= 0.3 is 0 Å². The molecule has 0 heterocycles. The highest BCUT2D eigenvalue weighted by Crippen LogP contribution is 2.27. The number of nitrogens with zero attached hydrogens (tertiary/aromatic N) is 2. The fourth-order valence-corrected chi connectivity index (χ4v) is 1.83. The van der Waals surface area contributed by atoms with E-state index in [0.29, 0.717) is 24.9 Å². The van der Waals surface area contributed by atoms with Gasteiger partial charge in [0.25, 0.3) is 0 Å². The maximum atomic E-state index is 12.2. The second-order valence-electron chi connectivity index (χ2n) is 4.39. The van der Waals surface area contributed by atoms with Gasteiger partial charge in [-0.05, 0) is 30.5 Å². The Balaban J connectivity index is 2.83.